The molecule has 0 radical (unpaired) electrons. The molecule has 222 valence electrons. The Morgan fingerprint density at radius 2 is 1.09 bits per heavy atom. The van der Waals surface area contributed by atoms with E-state index in [1.807, 2.05) is 0 Å². The highest BCUT2D eigenvalue weighted by Gasteiger charge is 2.36. The van der Waals surface area contributed by atoms with Crippen LogP contribution < -0.4 is 0 Å². The van der Waals surface area contributed by atoms with E-state index in [4.69, 9.17) is 4.42 Å². The molecule has 7 aromatic carbocycles. The number of hydrogen-bond donors (Lipinski definition) is 0. The zero-order chi connectivity index (χ0) is 31.3. The molecule has 0 fully saturated rings. The van der Waals surface area contributed by atoms with Crippen molar-refractivity contribution in [3.63, 3.8) is 0 Å². The molecule has 0 unspecified atom stereocenters. The topological polar surface area (TPSA) is 18.1 Å². The van der Waals surface area contributed by atoms with Crippen LogP contribution >= 0.6 is 0 Å². The van der Waals surface area contributed by atoms with Crippen LogP contribution in [-0.2, 0) is 5.41 Å². The van der Waals surface area contributed by atoms with Gasteiger partial charge in [0, 0.05) is 32.6 Å². The van der Waals surface area contributed by atoms with Gasteiger partial charge in [0.05, 0.1) is 11.0 Å². The van der Waals surface area contributed by atoms with Crippen molar-refractivity contribution in [2.75, 3.05) is 0 Å². The summed E-state index contributed by atoms with van der Waals surface area (Å²) in [5, 5.41) is 4.83. The number of para-hydroxylation sites is 1. The maximum absolute atomic E-state index is 6.49. The van der Waals surface area contributed by atoms with Gasteiger partial charge in [-0.2, -0.15) is 0 Å². The maximum atomic E-state index is 6.49. The first-order chi connectivity index (χ1) is 23.0. The highest BCUT2D eigenvalue weighted by molar-refractivity contribution is 6.11. The molecule has 1 aliphatic carbocycles. The summed E-state index contributed by atoms with van der Waals surface area (Å²) in [6.45, 7) is 4.63. The van der Waals surface area contributed by atoms with Crippen LogP contribution in [0, 0.1) is 0 Å². The Hall–Kier alpha value is -5.86. The lowest BCUT2D eigenvalue weighted by Gasteiger charge is -2.21. The fourth-order valence-corrected chi connectivity index (χ4v) is 8.01. The summed E-state index contributed by atoms with van der Waals surface area (Å²) in [7, 11) is 0. The molecule has 1 aliphatic rings. The monoisotopic (exact) mass is 601 g/mol. The number of aromatic nitrogens is 1. The summed E-state index contributed by atoms with van der Waals surface area (Å²) in [5.41, 5.74) is 15.5. The largest absolute Gasteiger partial charge is 0.456 e. The Kier molecular flexibility index (Phi) is 5.37. The number of nitrogens with zero attached hydrogens (tertiary/aromatic N) is 1. The molecule has 0 atom stereocenters. The summed E-state index contributed by atoms with van der Waals surface area (Å²) < 4.78 is 8.89. The number of furan rings is 1. The minimum absolute atomic E-state index is 0.0556. The van der Waals surface area contributed by atoms with Gasteiger partial charge in [-0.15, -0.1) is 0 Å². The van der Waals surface area contributed by atoms with E-state index in [-0.39, 0.29) is 5.41 Å². The van der Waals surface area contributed by atoms with Gasteiger partial charge in [0.15, 0.2) is 0 Å². The fourth-order valence-electron chi connectivity index (χ4n) is 8.01. The van der Waals surface area contributed by atoms with Crippen LogP contribution in [0.25, 0.3) is 82.8 Å². The van der Waals surface area contributed by atoms with E-state index in [0.29, 0.717) is 0 Å². The van der Waals surface area contributed by atoms with Gasteiger partial charge in [0.1, 0.15) is 11.2 Å². The SMILES string of the molecule is CC1(C)c2ccccc2-c2cc3c(cc21)oc1ccc(-c2ccc4c5ccccc5n(-c5ccc(-c6ccccc6)cc5)c4c2)cc13. The van der Waals surface area contributed by atoms with Gasteiger partial charge in [-0.3, -0.25) is 0 Å². The molecule has 0 spiro atoms. The van der Waals surface area contributed by atoms with E-state index in [2.05, 4.69) is 170 Å². The van der Waals surface area contributed by atoms with Crippen molar-refractivity contribution in [3.8, 4) is 39.1 Å². The third-order valence-corrected chi connectivity index (χ3v) is 10.4. The predicted molar refractivity (Wildman–Crippen MR) is 196 cm³/mol. The first-order valence-electron chi connectivity index (χ1n) is 16.3. The Morgan fingerprint density at radius 3 is 1.96 bits per heavy atom. The smallest absolute Gasteiger partial charge is 0.135 e. The highest BCUT2D eigenvalue weighted by atomic mass is 16.3. The van der Waals surface area contributed by atoms with Gasteiger partial charge in [-0.1, -0.05) is 117 Å². The first-order valence-corrected chi connectivity index (χ1v) is 16.3. The Balaban J connectivity index is 1.13. The molecule has 10 rings (SSSR count). The van der Waals surface area contributed by atoms with Crippen LogP contribution in [0.1, 0.15) is 25.0 Å². The van der Waals surface area contributed by atoms with Crippen molar-refractivity contribution in [1.82, 2.24) is 4.57 Å². The van der Waals surface area contributed by atoms with Crippen LogP contribution in [0.3, 0.4) is 0 Å². The van der Waals surface area contributed by atoms with Crippen LogP contribution in [-0.4, -0.2) is 4.57 Å². The van der Waals surface area contributed by atoms with Gasteiger partial charge in [0.25, 0.3) is 0 Å². The second-order valence-corrected chi connectivity index (χ2v) is 13.4. The third kappa shape index (κ3) is 3.79. The molecular formula is C45H31NO. The summed E-state index contributed by atoms with van der Waals surface area (Å²) in [5.74, 6) is 0. The van der Waals surface area contributed by atoms with Gasteiger partial charge < -0.3 is 8.98 Å². The predicted octanol–water partition coefficient (Wildman–Crippen LogP) is 12.3. The lowest BCUT2D eigenvalue weighted by Crippen LogP contribution is -2.14. The normalized spacial score (nSPS) is 13.5. The first kappa shape index (κ1) is 26.4. The zero-order valence-corrected chi connectivity index (χ0v) is 26.3. The van der Waals surface area contributed by atoms with Gasteiger partial charge in [-0.25, -0.2) is 0 Å². The average Bonchev–Trinajstić information content (AvgIpc) is 3.72. The molecule has 0 saturated heterocycles. The second-order valence-electron chi connectivity index (χ2n) is 13.4. The van der Waals surface area contributed by atoms with E-state index in [1.165, 1.54) is 71.7 Å². The van der Waals surface area contributed by atoms with Gasteiger partial charge >= 0.3 is 0 Å². The molecular weight excluding hydrogens is 571 g/mol. The van der Waals surface area contributed by atoms with Crippen molar-refractivity contribution in [3.05, 3.63) is 163 Å². The summed E-state index contributed by atoms with van der Waals surface area (Å²) in [6.07, 6.45) is 0. The molecule has 0 bridgehead atoms. The molecule has 0 saturated carbocycles. The van der Waals surface area contributed by atoms with Crippen molar-refractivity contribution in [1.29, 1.82) is 0 Å². The molecule has 9 aromatic rings. The Morgan fingerprint density at radius 1 is 0.426 bits per heavy atom. The zero-order valence-electron chi connectivity index (χ0n) is 26.3. The quantitative estimate of drug-likeness (QED) is 0.197. The molecule has 2 heteroatoms. The van der Waals surface area contributed by atoms with Crippen LogP contribution in [0.5, 0.6) is 0 Å². The minimum atomic E-state index is -0.0556. The summed E-state index contributed by atoms with van der Waals surface area (Å²) in [4.78, 5) is 0. The average molecular weight is 602 g/mol. The number of rotatable bonds is 3. The van der Waals surface area contributed by atoms with E-state index in [1.54, 1.807) is 0 Å². The van der Waals surface area contributed by atoms with Crippen LogP contribution in [0.15, 0.2) is 156 Å². The Bertz CT molecular complexity index is 2690. The second kappa shape index (κ2) is 9.57. The van der Waals surface area contributed by atoms with Crippen LogP contribution in [0.4, 0.5) is 0 Å². The standard InChI is InChI=1S/C45H31NO/c1-45(2)39-14-8-6-12-33(39)36-26-38-37-24-30(19-23-43(37)47-44(38)27-40(36)45)31-18-22-35-34-13-7-9-15-41(34)46(42(35)25-31)32-20-16-29(17-21-32)28-10-4-3-5-11-28/h3-27H,1-2H3. The lowest BCUT2D eigenvalue weighted by atomic mass is 9.82. The number of benzene rings is 7. The van der Waals surface area contributed by atoms with E-state index < -0.39 is 0 Å². The summed E-state index contributed by atoms with van der Waals surface area (Å²) in [6, 6.07) is 55.2. The number of hydrogen-bond acceptors (Lipinski definition) is 1. The van der Waals surface area contributed by atoms with Crippen molar-refractivity contribution < 1.29 is 4.42 Å². The van der Waals surface area contributed by atoms with E-state index >= 15 is 0 Å². The molecule has 2 heterocycles. The van der Waals surface area contributed by atoms with Gasteiger partial charge in [0.2, 0.25) is 0 Å². The number of fused-ring (bicyclic) bond motifs is 9. The third-order valence-electron chi connectivity index (χ3n) is 10.4. The van der Waals surface area contributed by atoms with Crippen LogP contribution in [0.2, 0.25) is 0 Å². The molecule has 0 amide bonds. The molecule has 47 heavy (non-hydrogen) atoms. The van der Waals surface area contributed by atoms with Crippen molar-refractivity contribution >= 4 is 43.7 Å². The Labute approximate surface area is 273 Å². The summed E-state index contributed by atoms with van der Waals surface area (Å²) >= 11 is 0. The van der Waals surface area contributed by atoms with E-state index in [9.17, 15) is 0 Å². The van der Waals surface area contributed by atoms with Crippen molar-refractivity contribution in [2.45, 2.75) is 19.3 Å². The molecule has 2 nitrogen and oxygen atoms in total. The van der Waals surface area contributed by atoms with Crippen molar-refractivity contribution in [2.24, 2.45) is 0 Å². The fraction of sp³-hybridized carbons (Fsp3) is 0.0667. The minimum Gasteiger partial charge on any atom is -0.456 e. The maximum Gasteiger partial charge on any atom is 0.135 e. The van der Waals surface area contributed by atoms with Gasteiger partial charge in [-0.05, 0) is 93.0 Å². The molecule has 0 N–H and O–H groups in total. The highest BCUT2D eigenvalue weighted by Crippen LogP contribution is 2.50. The molecule has 0 aliphatic heterocycles. The molecule has 2 aromatic heterocycles. The lowest BCUT2D eigenvalue weighted by molar-refractivity contribution is 0.647. The van der Waals surface area contributed by atoms with E-state index in [0.717, 1.165) is 22.2 Å².